The molecule has 1 N–H and O–H groups in total. The fourth-order valence-electron chi connectivity index (χ4n) is 2.60. The summed E-state index contributed by atoms with van der Waals surface area (Å²) in [5.41, 5.74) is 4.68. The smallest absolute Gasteiger partial charge is 0.231 e. The molecule has 0 unspecified atom stereocenters. The molecule has 2 heterocycles. The number of benzene rings is 2. The highest BCUT2D eigenvalue weighted by Crippen LogP contribution is 2.32. The Kier molecular flexibility index (Phi) is 4.19. The first-order valence-electron chi connectivity index (χ1n) is 7.88. The van der Waals surface area contributed by atoms with Gasteiger partial charge in [0.15, 0.2) is 11.5 Å². The van der Waals surface area contributed by atoms with Gasteiger partial charge in [0, 0.05) is 24.0 Å². The maximum atomic E-state index is 5.40. The number of nitrogens with zero attached hydrogens (tertiary/aromatic N) is 1. The molecule has 0 amide bonds. The van der Waals surface area contributed by atoms with Gasteiger partial charge in [0.25, 0.3) is 0 Å². The molecule has 0 saturated heterocycles. The zero-order chi connectivity index (χ0) is 16.4. The number of aryl methyl sites for hydroxylation is 1. The molecular weight excluding hydrogens is 320 g/mol. The Balaban J connectivity index is 1.36. The highest BCUT2D eigenvalue weighted by atomic mass is 32.1. The average Bonchev–Trinajstić information content (AvgIpc) is 3.24. The van der Waals surface area contributed by atoms with Crippen molar-refractivity contribution in [2.75, 3.05) is 6.79 Å². The van der Waals surface area contributed by atoms with Crippen LogP contribution in [0.1, 0.15) is 16.8 Å². The molecule has 2 aromatic carbocycles. The van der Waals surface area contributed by atoms with Crippen LogP contribution in [0.3, 0.4) is 0 Å². The molecule has 0 spiro atoms. The Labute approximate surface area is 145 Å². The Morgan fingerprint density at radius 3 is 2.75 bits per heavy atom. The van der Waals surface area contributed by atoms with Crippen molar-refractivity contribution in [1.29, 1.82) is 0 Å². The van der Waals surface area contributed by atoms with Gasteiger partial charge in [-0.1, -0.05) is 35.9 Å². The fraction of sp³-hybridized carbons (Fsp3) is 0.211. The van der Waals surface area contributed by atoms with Crippen molar-refractivity contribution in [3.63, 3.8) is 0 Å². The van der Waals surface area contributed by atoms with Crippen molar-refractivity contribution >= 4 is 11.3 Å². The molecule has 0 radical (unpaired) electrons. The predicted octanol–water partition coefficient (Wildman–Crippen LogP) is 4.14. The predicted molar refractivity (Wildman–Crippen MR) is 95.4 cm³/mol. The molecule has 122 valence electrons. The maximum Gasteiger partial charge on any atom is 0.231 e. The molecule has 0 aliphatic carbocycles. The summed E-state index contributed by atoms with van der Waals surface area (Å²) < 4.78 is 10.7. The lowest BCUT2D eigenvalue weighted by atomic mass is 10.2. The molecule has 1 aromatic heterocycles. The van der Waals surface area contributed by atoms with Crippen LogP contribution in [0.4, 0.5) is 0 Å². The Morgan fingerprint density at radius 1 is 1.04 bits per heavy atom. The summed E-state index contributed by atoms with van der Waals surface area (Å²) >= 11 is 1.68. The average molecular weight is 338 g/mol. The van der Waals surface area contributed by atoms with Crippen molar-refractivity contribution in [1.82, 2.24) is 10.3 Å². The molecule has 1 aliphatic heterocycles. The first-order chi connectivity index (χ1) is 11.8. The third-order valence-corrected chi connectivity index (χ3v) is 4.86. The van der Waals surface area contributed by atoms with Crippen LogP contribution < -0.4 is 14.8 Å². The van der Waals surface area contributed by atoms with Gasteiger partial charge in [0.05, 0.1) is 5.69 Å². The van der Waals surface area contributed by atoms with Gasteiger partial charge in [-0.2, -0.15) is 0 Å². The van der Waals surface area contributed by atoms with E-state index in [0.29, 0.717) is 6.79 Å². The van der Waals surface area contributed by atoms with Gasteiger partial charge in [0.1, 0.15) is 5.01 Å². The minimum absolute atomic E-state index is 0.312. The highest BCUT2D eigenvalue weighted by molar-refractivity contribution is 7.13. The summed E-state index contributed by atoms with van der Waals surface area (Å²) in [7, 11) is 0. The van der Waals surface area contributed by atoms with Crippen molar-refractivity contribution in [3.05, 3.63) is 64.7 Å². The lowest BCUT2D eigenvalue weighted by Gasteiger charge is -2.04. The molecule has 0 saturated carbocycles. The van der Waals surface area contributed by atoms with E-state index >= 15 is 0 Å². The van der Waals surface area contributed by atoms with E-state index in [1.165, 1.54) is 16.7 Å². The van der Waals surface area contributed by atoms with E-state index in [-0.39, 0.29) is 0 Å². The third kappa shape index (κ3) is 3.27. The van der Waals surface area contributed by atoms with Crippen molar-refractivity contribution in [2.45, 2.75) is 20.0 Å². The second-order valence-corrected chi connectivity index (χ2v) is 6.66. The standard InChI is InChI=1S/C19H18N2O2S/c1-13-2-5-15(6-3-13)19-21-16(11-24-19)10-20-9-14-4-7-17-18(8-14)23-12-22-17/h2-8,11,20H,9-10,12H2,1H3. The van der Waals surface area contributed by atoms with Gasteiger partial charge in [-0.25, -0.2) is 4.98 Å². The number of ether oxygens (including phenoxy) is 2. The Hall–Kier alpha value is -2.37. The number of nitrogens with one attached hydrogen (secondary N) is 1. The summed E-state index contributed by atoms with van der Waals surface area (Å²) in [6, 6.07) is 14.5. The second-order valence-electron chi connectivity index (χ2n) is 5.80. The van der Waals surface area contributed by atoms with Gasteiger partial charge in [0.2, 0.25) is 6.79 Å². The van der Waals surface area contributed by atoms with E-state index in [4.69, 9.17) is 14.5 Å². The maximum absolute atomic E-state index is 5.40. The Bertz CT molecular complexity index is 843. The Morgan fingerprint density at radius 2 is 1.88 bits per heavy atom. The second kappa shape index (κ2) is 6.63. The van der Waals surface area contributed by atoms with E-state index in [1.54, 1.807) is 11.3 Å². The van der Waals surface area contributed by atoms with E-state index in [1.807, 2.05) is 12.1 Å². The number of aromatic nitrogens is 1. The van der Waals surface area contributed by atoms with Crippen LogP contribution >= 0.6 is 11.3 Å². The normalized spacial score (nSPS) is 12.5. The summed E-state index contributed by atoms with van der Waals surface area (Å²) in [5.74, 6) is 1.64. The van der Waals surface area contributed by atoms with Gasteiger partial charge in [-0.3, -0.25) is 0 Å². The summed E-state index contributed by atoms with van der Waals surface area (Å²) in [6.07, 6.45) is 0. The van der Waals surface area contributed by atoms with E-state index in [9.17, 15) is 0 Å². The quantitative estimate of drug-likeness (QED) is 0.759. The van der Waals surface area contributed by atoms with Crippen LogP contribution in [0, 0.1) is 6.92 Å². The van der Waals surface area contributed by atoms with Gasteiger partial charge in [-0.15, -0.1) is 11.3 Å². The molecule has 1 aliphatic rings. The van der Waals surface area contributed by atoms with Crippen LogP contribution in [0.15, 0.2) is 47.8 Å². The van der Waals surface area contributed by atoms with Crippen molar-refractivity contribution < 1.29 is 9.47 Å². The molecule has 0 atom stereocenters. The lowest BCUT2D eigenvalue weighted by molar-refractivity contribution is 0.174. The molecule has 0 fully saturated rings. The van der Waals surface area contributed by atoms with Crippen molar-refractivity contribution in [2.24, 2.45) is 0 Å². The molecule has 24 heavy (non-hydrogen) atoms. The van der Waals surface area contributed by atoms with E-state index in [0.717, 1.165) is 35.3 Å². The van der Waals surface area contributed by atoms with Crippen LogP contribution in [0.5, 0.6) is 11.5 Å². The van der Waals surface area contributed by atoms with Crippen LogP contribution in [-0.2, 0) is 13.1 Å². The van der Waals surface area contributed by atoms with Gasteiger partial charge in [-0.05, 0) is 24.6 Å². The first-order valence-corrected chi connectivity index (χ1v) is 8.76. The van der Waals surface area contributed by atoms with Crippen LogP contribution in [0.25, 0.3) is 10.6 Å². The van der Waals surface area contributed by atoms with Gasteiger partial charge >= 0.3 is 0 Å². The number of thiazole rings is 1. The summed E-state index contributed by atoms with van der Waals surface area (Å²) in [6.45, 7) is 3.93. The third-order valence-electron chi connectivity index (χ3n) is 3.92. The number of hydrogen-bond donors (Lipinski definition) is 1. The highest BCUT2D eigenvalue weighted by Gasteiger charge is 2.13. The molecule has 4 rings (SSSR count). The zero-order valence-electron chi connectivity index (χ0n) is 13.4. The van der Waals surface area contributed by atoms with Crippen LogP contribution in [0.2, 0.25) is 0 Å². The topological polar surface area (TPSA) is 43.4 Å². The van der Waals surface area contributed by atoms with Crippen LogP contribution in [-0.4, -0.2) is 11.8 Å². The molecular formula is C19H18N2O2S. The fourth-order valence-corrected chi connectivity index (χ4v) is 3.43. The zero-order valence-corrected chi connectivity index (χ0v) is 14.2. The number of fused-ring (bicyclic) bond motifs is 1. The lowest BCUT2D eigenvalue weighted by Crippen LogP contribution is -2.12. The summed E-state index contributed by atoms with van der Waals surface area (Å²) in [5, 5.41) is 6.61. The first kappa shape index (κ1) is 15.2. The molecule has 4 nitrogen and oxygen atoms in total. The number of rotatable bonds is 5. The van der Waals surface area contributed by atoms with E-state index < -0.39 is 0 Å². The van der Waals surface area contributed by atoms with Gasteiger partial charge < -0.3 is 14.8 Å². The largest absolute Gasteiger partial charge is 0.454 e. The monoisotopic (exact) mass is 338 g/mol. The van der Waals surface area contributed by atoms with E-state index in [2.05, 4.69) is 48.0 Å². The molecule has 5 heteroatoms. The van der Waals surface area contributed by atoms with Crippen molar-refractivity contribution in [3.8, 4) is 22.1 Å². The summed E-state index contributed by atoms with van der Waals surface area (Å²) in [4.78, 5) is 4.71. The minimum atomic E-state index is 0.312. The minimum Gasteiger partial charge on any atom is -0.454 e. The SMILES string of the molecule is Cc1ccc(-c2nc(CNCc3ccc4c(c3)OCO4)cs2)cc1. The molecule has 3 aromatic rings. The number of hydrogen-bond acceptors (Lipinski definition) is 5. The molecule has 0 bridgehead atoms.